The molecule has 6 atom stereocenters. The SMILES string of the molecule is CNC(=O)N[C@H]1C[C@@H](C(=O)NCc2ccc3c(c2)nnn3C)N(C(=O)[C@@H](CCc2ccccc2)NC(=O)OC(C)(C)C)C1.Cn1nnc2cc(CNC(=O)[C@@H]3C[C@H](N)CN3C(=O)[C@@H](CCc3ccccc3)NC(=O)OC(C)(C)C)ccc21. The largest absolute Gasteiger partial charge is 0.444 e. The zero-order chi connectivity index (χ0) is 59.3. The van der Waals surface area contributed by atoms with E-state index in [9.17, 15) is 33.6 Å². The van der Waals surface area contributed by atoms with Crippen LogP contribution in [0.1, 0.15) is 89.5 Å². The van der Waals surface area contributed by atoms with E-state index in [2.05, 4.69) is 52.5 Å². The molecular formula is C58H77N15O9. The Hall–Kier alpha value is -8.67. The summed E-state index contributed by atoms with van der Waals surface area (Å²) in [5, 5.41) is 32.9. The van der Waals surface area contributed by atoms with Gasteiger partial charge in [0.15, 0.2) is 0 Å². The molecule has 2 saturated heterocycles. The number of urea groups is 1. The van der Waals surface area contributed by atoms with Crippen LogP contribution in [0.3, 0.4) is 0 Å². The molecule has 0 bridgehead atoms. The summed E-state index contributed by atoms with van der Waals surface area (Å²) in [6.45, 7) is 11.3. The summed E-state index contributed by atoms with van der Waals surface area (Å²) in [4.78, 5) is 95.0. The Morgan fingerprint density at radius 3 is 1.45 bits per heavy atom. The highest BCUT2D eigenvalue weighted by Crippen LogP contribution is 2.24. The molecule has 2 fully saturated rings. The summed E-state index contributed by atoms with van der Waals surface area (Å²) in [5.74, 6) is -1.45. The van der Waals surface area contributed by atoms with E-state index in [0.29, 0.717) is 37.6 Å². The Balaban J connectivity index is 0.000000237. The highest BCUT2D eigenvalue weighted by atomic mass is 16.6. The monoisotopic (exact) mass is 1130 g/mol. The zero-order valence-corrected chi connectivity index (χ0v) is 48.1. The molecule has 4 aromatic carbocycles. The van der Waals surface area contributed by atoms with Gasteiger partial charge in [0.2, 0.25) is 23.6 Å². The van der Waals surface area contributed by atoms with Gasteiger partial charge in [-0.25, -0.2) is 23.7 Å². The number of nitrogens with zero attached hydrogens (tertiary/aromatic N) is 8. The smallest absolute Gasteiger partial charge is 0.408 e. The van der Waals surface area contributed by atoms with Crippen LogP contribution in [0.4, 0.5) is 14.4 Å². The Labute approximate surface area is 476 Å². The van der Waals surface area contributed by atoms with E-state index in [1.807, 2.05) is 104 Å². The van der Waals surface area contributed by atoms with Gasteiger partial charge in [-0.1, -0.05) is 83.2 Å². The van der Waals surface area contributed by atoms with Crippen molar-refractivity contribution < 1.29 is 43.0 Å². The van der Waals surface area contributed by atoms with Crippen molar-refractivity contribution in [1.82, 2.24) is 71.7 Å². The first-order valence-corrected chi connectivity index (χ1v) is 27.5. The second kappa shape index (κ2) is 27.2. The third-order valence-electron chi connectivity index (χ3n) is 13.8. The Bertz CT molecular complexity index is 3190. The van der Waals surface area contributed by atoms with Gasteiger partial charge in [-0.05, 0) is 127 Å². The topological polar surface area (TPSA) is 304 Å². The fraction of sp³-hybridized carbons (Fsp3) is 0.466. The normalized spacial score (nSPS) is 17.7. The first-order valence-electron chi connectivity index (χ1n) is 27.5. The molecule has 0 aliphatic carbocycles. The lowest BCUT2D eigenvalue weighted by molar-refractivity contribution is -0.140. The fourth-order valence-electron chi connectivity index (χ4n) is 9.78. The highest BCUT2D eigenvalue weighted by molar-refractivity contribution is 5.93. The molecule has 0 unspecified atom stereocenters. The summed E-state index contributed by atoms with van der Waals surface area (Å²) < 4.78 is 14.2. The lowest BCUT2D eigenvalue weighted by atomic mass is 10.0. The standard InChI is InChI=1S/C30H40N8O5.C28H37N7O4/c1-30(2,3)43-29(42)34-22(13-11-19-9-7-6-8-10-19)27(40)38-18-21(33-28(41)31-4)16-25(38)26(39)32-17-20-12-14-24-23(15-20)35-36-37(24)5;1-28(2,3)39-27(38)31-21(12-10-18-8-6-5-7-9-18)26(37)35-17-20(29)15-24(35)25(36)30-16-19-11-13-23-22(14-19)32-33-34(23)4/h6-10,12,14-15,21-22,25H,11,13,16-18H2,1-5H3,(H,32,39)(H,34,42)(H2,31,33,41);5-9,11,13-14,20-21,24H,10,12,15-17,29H2,1-4H3,(H,30,36)(H,31,38)/t21-,22+,25-;20-,21+,24-/m00/s1. The number of fused-ring (bicyclic) bond motifs is 2. The first kappa shape index (κ1) is 61.0. The first-order chi connectivity index (χ1) is 38.9. The number of rotatable bonds is 17. The van der Waals surface area contributed by atoms with Crippen molar-refractivity contribution in [3.63, 3.8) is 0 Å². The molecule has 2 aromatic heterocycles. The number of ether oxygens (including phenoxy) is 2. The van der Waals surface area contributed by atoms with Crippen molar-refractivity contribution in [2.45, 2.75) is 141 Å². The molecular weight excluding hydrogens is 1050 g/mol. The maximum absolute atomic E-state index is 14.0. The third-order valence-corrected chi connectivity index (χ3v) is 13.8. The van der Waals surface area contributed by atoms with E-state index < -0.39 is 65.5 Å². The number of carbonyl (C=O) groups excluding carboxylic acids is 7. The average molecular weight is 1130 g/mol. The molecule has 24 heteroatoms. The summed E-state index contributed by atoms with van der Waals surface area (Å²) in [6, 6.07) is 25.9. The molecule has 438 valence electrons. The van der Waals surface area contributed by atoms with Crippen LogP contribution in [0.5, 0.6) is 0 Å². The molecule has 6 aromatic rings. The number of aryl methyl sites for hydroxylation is 4. The summed E-state index contributed by atoms with van der Waals surface area (Å²) in [7, 11) is 5.11. The van der Waals surface area contributed by atoms with E-state index in [-0.39, 0.29) is 56.4 Å². The van der Waals surface area contributed by atoms with Gasteiger partial charge in [-0.3, -0.25) is 19.2 Å². The number of hydrogen-bond donors (Lipinski definition) is 7. The number of hydrogen-bond acceptors (Lipinski definition) is 14. The molecule has 0 radical (unpaired) electrons. The number of likely N-dealkylation sites (tertiary alicyclic amines) is 2. The molecule has 82 heavy (non-hydrogen) atoms. The van der Waals surface area contributed by atoms with Crippen molar-refractivity contribution in [3.8, 4) is 0 Å². The lowest BCUT2D eigenvalue weighted by Crippen LogP contribution is -2.54. The van der Waals surface area contributed by atoms with Gasteiger partial charge in [-0.15, -0.1) is 10.2 Å². The molecule has 8 amide bonds. The number of carbonyl (C=O) groups is 7. The van der Waals surface area contributed by atoms with Crippen LogP contribution in [-0.4, -0.2) is 149 Å². The van der Waals surface area contributed by atoms with Crippen LogP contribution in [0, 0.1) is 0 Å². The number of aromatic nitrogens is 6. The minimum Gasteiger partial charge on any atom is -0.444 e. The van der Waals surface area contributed by atoms with Crippen molar-refractivity contribution in [1.29, 1.82) is 0 Å². The zero-order valence-electron chi connectivity index (χ0n) is 48.1. The molecule has 8 N–H and O–H groups in total. The number of alkyl carbamates (subject to hydrolysis) is 2. The number of nitrogens with two attached hydrogens (primary N) is 1. The van der Waals surface area contributed by atoms with Crippen LogP contribution in [0.15, 0.2) is 97.1 Å². The molecule has 0 saturated carbocycles. The lowest BCUT2D eigenvalue weighted by Gasteiger charge is -2.29. The van der Waals surface area contributed by atoms with E-state index in [1.54, 1.807) is 58.0 Å². The Morgan fingerprint density at radius 2 is 1.02 bits per heavy atom. The second-order valence-electron chi connectivity index (χ2n) is 22.6. The van der Waals surface area contributed by atoms with Gasteiger partial charge in [-0.2, -0.15) is 0 Å². The minimum absolute atomic E-state index is 0.105. The van der Waals surface area contributed by atoms with Crippen LogP contribution < -0.4 is 37.6 Å². The van der Waals surface area contributed by atoms with E-state index >= 15 is 0 Å². The van der Waals surface area contributed by atoms with Crippen LogP contribution in [-0.2, 0) is 68.7 Å². The van der Waals surface area contributed by atoms with Crippen molar-refractivity contribution in [3.05, 3.63) is 119 Å². The molecule has 0 spiro atoms. The highest BCUT2D eigenvalue weighted by Gasteiger charge is 2.44. The van der Waals surface area contributed by atoms with Gasteiger partial charge in [0.05, 0.1) is 17.1 Å². The maximum atomic E-state index is 14.0. The third kappa shape index (κ3) is 17.2. The molecule has 4 heterocycles. The fourth-order valence-corrected chi connectivity index (χ4v) is 9.78. The number of benzene rings is 4. The minimum atomic E-state index is -0.955. The molecule has 2 aliphatic rings. The van der Waals surface area contributed by atoms with Crippen LogP contribution in [0.25, 0.3) is 22.1 Å². The van der Waals surface area contributed by atoms with Gasteiger partial charge < -0.3 is 56.9 Å². The summed E-state index contributed by atoms with van der Waals surface area (Å²) in [5.41, 5.74) is 11.7. The maximum Gasteiger partial charge on any atom is 0.408 e. The van der Waals surface area contributed by atoms with Gasteiger partial charge in [0, 0.05) is 53.4 Å². The second-order valence-corrected chi connectivity index (χ2v) is 22.6. The number of amides is 8. The number of nitrogens with one attached hydrogen (secondary N) is 6. The Morgan fingerprint density at radius 1 is 0.598 bits per heavy atom. The van der Waals surface area contributed by atoms with Gasteiger partial charge in [0.25, 0.3) is 0 Å². The predicted octanol–water partition coefficient (Wildman–Crippen LogP) is 4.05. The predicted molar refractivity (Wildman–Crippen MR) is 306 cm³/mol. The molecule has 8 rings (SSSR count). The van der Waals surface area contributed by atoms with Crippen molar-refractivity contribution in [2.75, 3.05) is 20.1 Å². The van der Waals surface area contributed by atoms with Gasteiger partial charge >= 0.3 is 18.2 Å². The van der Waals surface area contributed by atoms with Crippen molar-refractivity contribution >= 4 is 63.9 Å². The Kier molecular flexibility index (Phi) is 20.2. The molecule has 2 aliphatic heterocycles. The van der Waals surface area contributed by atoms with Crippen LogP contribution in [0.2, 0.25) is 0 Å². The molecule has 24 nitrogen and oxygen atoms in total. The quantitative estimate of drug-likeness (QED) is 0.0678. The summed E-state index contributed by atoms with van der Waals surface area (Å²) in [6.07, 6.45) is 0.858. The van der Waals surface area contributed by atoms with E-state index in [1.165, 1.54) is 16.8 Å². The van der Waals surface area contributed by atoms with Crippen molar-refractivity contribution in [2.24, 2.45) is 19.8 Å². The van der Waals surface area contributed by atoms with Gasteiger partial charge in [0.1, 0.15) is 46.4 Å². The van der Waals surface area contributed by atoms with Crippen LogP contribution >= 0.6 is 0 Å². The van der Waals surface area contributed by atoms with E-state index in [0.717, 1.165) is 38.8 Å². The van der Waals surface area contributed by atoms with E-state index in [4.69, 9.17) is 15.2 Å². The summed E-state index contributed by atoms with van der Waals surface area (Å²) >= 11 is 0. The average Bonchev–Trinajstić information content (AvgIpc) is 4.43.